The monoisotopic (exact) mass is 319 g/mol. The summed E-state index contributed by atoms with van der Waals surface area (Å²) in [5.41, 5.74) is -0.478. The first-order valence-electron chi connectivity index (χ1n) is 5.37. The smallest absolute Gasteiger partial charge is 0.290 e. The molecule has 0 radical (unpaired) electrons. The average molecular weight is 320 g/mol. The van der Waals surface area contributed by atoms with Crippen LogP contribution >= 0.6 is 23.2 Å². The SMILES string of the molecule is CNC(=O)CN(C)C(=O)c1cc(Cl)c(Cl)c([N+](=O)[O-])c1. The Balaban J connectivity index is 3.11. The number of rotatable bonds is 4. The first-order valence-corrected chi connectivity index (χ1v) is 6.13. The lowest BCUT2D eigenvalue weighted by Crippen LogP contribution is -2.36. The number of hydrogen-bond acceptors (Lipinski definition) is 4. The minimum Gasteiger partial charge on any atom is -0.358 e. The molecule has 0 saturated carbocycles. The van der Waals surface area contributed by atoms with Crippen molar-refractivity contribution in [1.82, 2.24) is 10.2 Å². The molecule has 1 rings (SSSR count). The summed E-state index contributed by atoms with van der Waals surface area (Å²) in [4.78, 5) is 34.4. The summed E-state index contributed by atoms with van der Waals surface area (Å²) in [6.45, 7) is -0.177. The number of nitrogens with one attached hydrogen (secondary N) is 1. The van der Waals surface area contributed by atoms with Crippen molar-refractivity contribution in [2.45, 2.75) is 0 Å². The average Bonchev–Trinajstić information content (AvgIpc) is 2.40. The molecule has 0 fully saturated rings. The highest BCUT2D eigenvalue weighted by Crippen LogP contribution is 2.33. The molecule has 0 aliphatic carbocycles. The van der Waals surface area contributed by atoms with Gasteiger partial charge in [0.1, 0.15) is 5.02 Å². The maximum absolute atomic E-state index is 12.1. The lowest BCUT2D eigenvalue weighted by molar-refractivity contribution is -0.384. The van der Waals surface area contributed by atoms with Crippen LogP contribution in [0.1, 0.15) is 10.4 Å². The molecular weight excluding hydrogens is 309 g/mol. The fourth-order valence-corrected chi connectivity index (χ4v) is 1.81. The van der Waals surface area contributed by atoms with Crippen molar-refractivity contribution in [1.29, 1.82) is 0 Å². The van der Waals surface area contributed by atoms with Gasteiger partial charge in [0.05, 0.1) is 16.5 Å². The number of likely N-dealkylation sites (N-methyl/N-ethyl adjacent to an activating group) is 2. The van der Waals surface area contributed by atoms with Crippen LogP contribution in [-0.4, -0.2) is 42.3 Å². The molecule has 2 amide bonds. The Morgan fingerprint density at radius 3 is 2.50 bits per heavy atom. The first-order chi connectivity index (χ1) is 9.27. The maximum Gasteiger partial charge on any atom is 0.290 e. The predicted octanol–water partition coefficient (Wildman–Crippen LogP) is 1.72. The maximum atomic E-state index is 12.1. The molecule has 0 heterocycles. The molecule has 0 unspecified atom stereocenters. The van der Waals surface area contributed by atoms with Crippen LogP contribution in [0, 0.1) is 10.1 Å². The Bertz CT molecular complexity index is 577. The lowest BCUT2D eigenvalue weighted by atomic mass is 10.1. The quantitative estimate of drug-likeness (QED) is 0.675. The van der Waals surface area contributed by atoms with E-state index in [2.05, 4.69) is 5.32 Å². The third-order valence-corrected chi connectivity index (χ3v) is 3.25. The molecule has 9 heteroatoms. The molecule has 0 aromatic heterocycles. The van der Waals surface area contributed by atoms with E-state index in [0.29, 0.717) is 0 Å². The van der Waals surface area contributed by atoms with Crippen LogP contribution in [0.25, 0.3) is 0 Å². The highest BCUT2D eigenvalue weighted by Gasteiger charge is 2.22. The molecule has 0 aliphatic rings. The normalized spacial score (nSPS) is 10.0. The molecule has 108 valence electrons. The highest BCUT2D eigenvalue weighted by molar-refractivity contribution is 6.43. The lowest BCUT2D eigenvalue weighted by Gasteiger charge is -2.16. The first kappa shape index (κ1) is 16.2. The van der Waals surface area contributed by atoms with E-state index in [1.165, 1.54) is 20.2 Å². The zero-order valence-corrected chi connectivity index (χ0v) is 12.2. The number of halogens is 2. The second-order valence-corrected chi connectivity index (χ2v) is 4.67. The van der Waals surface area contributed by atoms with Crippen molar-refractivity contribution < 1.29 is 14.5 Å². The molecule has 1 aromatic rings. The van der Waals surface area contributed by atoms with Gasteiger partial charge >= 0.3 is 0 Å². The van der Waals surface area contributed by atoms with E-state index < -0.39 is 16.5 Å². The Morgan fingerprint density at radius 2 is 2.00 bits per heavy atom. The molecule has 20 heavy (non-hydrogen) atoms. The van der Waals surface area contributed by atoms with E-state index in [9.17, 15) is 19.7 Å². The number of nitrogens with zero attached hydrogens (tertiary/aromatic N) is 2. The summed E-state index contributed by atoms with van der Waals surface area (Å²) in [7, 11) is 2.83. The Labute approximate surface area is 124 Å². The van der Waals surface area contributed by atoms with E-state index in [4.69, 9.17) is 23.2 Å². The summed E-state index contributed by atoms with van der Waals surface area (Å²) in [5, 5.41) is 12.8. The van der Waals surface area contributed by atoms with Gasteiger partial charge in [-0.15, -0.1) is 0 Å². The summed E-state index contributed by atoms with van der Waals surface area (Å²) in [5.74, 6) is -0.939. The molecule has 0 spiro atoms. The van der Waals surface area contributed by atoms with E-state index in [0.717, 1.165) is 11.0 Å². The molecule has 7 nitrogen and oxygen atoms in total. The Hall–Kier alpha value is -1.86. The third-order valence-electron chi connectivity index (χ3n) is 2.46. The van der Waals surface area contributed by atoms with E-state index in [1.807, 2.05) is 0 Å². The van der Waals surface area contributed by atoms with Crippen molar-refractivity contribution in [3.05, 3.63) is 37.9 Å². The molecule has 0 aliphatic heterocycles. The molecule has 0 bridgehead atoms. The predicted molar refractivity (Wildman–Crippen MR) is 74.1 cm³/mol. The highest BCUT2D eigenvalue weighted by atomic mass is 35.5. The number of hydrogen-bond donors (Lipinski definition) is 1. The molecule has 1 N–H and O–H groups in total. The van der Waals surface area contributed by atoms with Crippen molar-refractivity contribution in [2.75, 3.05) is 20.6 Å². The summed E-state index contributed by atoms with van der Waals surface area (Å²) >= 11 is 11.4. The Morgan fingerprint density at radius 1 is 1.40 bits per heavy atom. The van der Waals surface area contributed by atoms with Crippen LogP contribution in [-0.2, 0) is 4.79 Å². The fraction of sp³-hybridized carbons (Fsp3) is 0.273. The van der Waals surface area contributed by atoms with Crippen LogP contribution < -0.4 is 5.32 Å². The van der Waals surface area contributed by atoms with Crippen molar-refractivity contribution >= 4 is 40.7 Å². The Kier molecular flexibility index (Phi) is 5.29. The van der Waals surface area contributed by atoms with E-state index in [-0.39, 0.29) is 28.1 Å². The minimum absolute atomic E-state index is 0.0162. The zero-order valence-electron chi connectivity index (χ0n) is 10.6. The van der Waals surface area contributed by atoms with E-state index >= 15 is 0 Å². The van der Waals surface area contributed by atoms with Crippen LogP contribution in [0.15, 0.2) is 12.1 Å². The van der Waals surface area contributed by atoms with Gasteiger partial charge in [0.15, 0.2) is 0 Å². The van der Waals surface area contributed by atoms with Gasteiger partial charge in [-0.05, 0) is 6.07 Å². The number of benzene rings is 1. The minimum atomic E-state index is -0.732. The zero-order chi connectivity index (χ0) is 15.4. The molecule has 0 atom stereocenters. The van der Waals surface area contributed by atoms with Crippen LogP contribution in [0.4, 0.5) is 5.69 Å². The van der Waals surface area contributed by atoms with Gasteiger partial charge in [0.2, 0.25) is 5.91 Å². The second kappa shape index (κ2) is 6.53. The van der Waals surface area contributed by atoms with Crippen LogP contribution in [0.3, 0.4) is 0 Å². The van der Waals surface area contributed by atoms with Crippen molar-refractivity contribution in [3.8, 4) is 0 Å². The molecular formula is C11H11Cl2N3O4. The molecule has 0 saturated heterocycles. The largest absolute Gasteiger partial charge is 0.358 e. The van der Waals surface area contributed by atoms with Crippen molar-refractivity contribution in [2.24, 2.45) is 0 Å². The van der Waals surface area contributed by atoms with E-state index in [1.54, 1.807) is 0 Å². The van der Waals surface area contributed by atoms with Crippen molar-refractivity contribution in [3.63, 3.8) is 0 Å². The standard InChI is InChI=1S/C11H11Cl2N3O4/c1-14-9(17)5-15(2)11(18)6-3-7(12)10(13)8(4-6)16(19)20/h3-4H,5H2,1-2H3,(H,14,17). The van der Waals surface area contributed by atoms with Gasteiger partial charge in [0, 0.05) is 25.7 Å². The van der Waals surface area contributed by atoms with Gasteiger partial charge in [-0.25, -0.2) is 0 Å². The van der Waals surface area contributed by atoms with Gasteiger partial charge in [-0.3, -0.25) is 19.7 Å². The van der Waals surface area contributed by atoms with Gasteiger partial charge < -0.3 is 10.2 Å². The van der Waals surface area contributed by atoms with Gasteiger partial charge in [0.25, 0.3) is 11.6 Å². The number of amides is 2. The summed E-state index contributed by atoms with van der Waals surface area (Å²) < 4.78 is 0. The number of nitro groups is 1. The molecule has 1 aromatic carbocycles. The summed E-state index contributed by atoms with van der Waals surface area (Å²) in [6, 6.07) is 2.25. The number of carbonyl (C=O) groups excluding carboxylic acids is 2. The second-order valence-electron chi connectivity index (χ2n) is 3.88. The van der Waals surface area contributed by atoms with Gasteiger partial charge in [-0.1, -0.05) is 23.2 Å². The summed E-state index contributed by atoms with van der Waals surface area (Å²) in [6.07, 6.45) is 0. The number of carbonyl (C=O) groups is 2. The van der Waals surface area contributed by atoms with Crippen LogP contribution in [0.2, 0.25) is 10.0 Å². The number of nitro benzene ring substituents is 1. The topological polar surface area (TPSA) is 92.6 Å². The van der Waals surface area contributed by atoms with Gasteiger partial charge in [-0.2, -0.15) is 0 Å². The third kappa shape index (κ3) is 3.58. The van der Waals surface area contributed by atoms with Crippen LogP contribution in [0.5, 0.6) is 0 Å². The fourth-order valence-electron chi connectivity index (χ4n) is 1.42.